The van der Waals surface area contributed by atoms with Crippen molar-refractivity contribution in [1.29, 1.82) is 0 Å². The lowest BCUT2D eigenvalue weighted by Crippen LogP contribution is -2.71. The van der Waals surface area contributed by atoms with Crippen LogP contribution in [-0.4, -0.2) is 42.0 Å². The Bertz CT molecular complexity index is 586. The van der Waals surface area contributed by atoms with Crippen LogP contribution < -0.4 is 5.32 Å². The van der Waals surface area contributed by atoms with Gasteiger partial charge in [-0.05, 0) is 24.3 Å². The molecule has 2 fully saturated rings. The van der Waals surface area contributed by atoms with Crippen molar-refractivity contribution in [1.82, 2.24) is 10.2 Å². The summed E-state index contributed by atoms with van der Waals surface area (Å²) < 4.78 is 32.1. The second-order valence-corrected chi connectivity index (χ2v) is 5.94. The van der Waals surface area contributed by atoms with Crippen LogP contribution in [0, 0.1) is 5.92 Å². The fraction of sp³-hybridized carbons (Fsp3) is 0.500. The number of β-lactam (4-membered cyclic amide) rings is 1. The molecule has 1 N–H and O–H groups in total. The molecule has 124 valence electrons. The maximum absolute atomic E-state index is 13.4. The Morgan fingerprint density at radius 1 is 1.26 bits per heavy atom. The van der Waals surface area contributed by atoms with Crippen molar-refractivity contribution in [2.45, 2.75) is 31.4 Å². The molecule has 0 aromatic heterocycles. The highest BCUT2D eigenvalue weighted by Crippen LogP contribution is 2.36. The van der Waals surface area contributed by atoms with Gasteiger partial charge in [-0.2, -0.15) is 8.78 Å². The fourth-order valence-electron chi connectivity index (χ4n) is 3.03. The molecule has 23 heavy (non-hydrogen) atoms. The van der Waals surface area contributed by atoms with E-state index >= 15 is 0 Å². The molecule has 3 rings (SSSR count). The third kappa shape index (κ3) is 3.13. The predicted molar refractivity (Wildman–Crippen MR) is 77.8 cm³/mol. The highest BCUT2D eigenvalue weighted by molar-refractivity contribution is 5.91. The molecule has 0 radical (unpaired) electrons. The zero-order chi connectivity index (χ0) is 16.4. The van der Waals surface area contributed by atoms with E-state index < -0.39 is 24.0 Å². The minimum atomic E-state index is -3.28. The fourth-order valence-corrected chi connectivity index (χ4v) is 3.03. The van der Waals surface area contributed by atoms with Crippen LogP contribution in [0.25, 0.3) is 0 Å². The Labute approximate surface area is 132 Å². The second-order valence-electron chi connectivity index (χ2n) is 5.94. The molecule has 1 atom stereocenters. The Hall–Kier alpha value is -2.18. The molecule has 0 bridgehead atoms. The van der Waals surface area contributed by atoms with E-state index in [1.54, 1.807) is 0 Å². The van der Waals surface area contributed by atoms with Gasteiger partial charge in [-0.3, -0.25) is 4.79 Å². The van der Waals surface area contributed by atoms with Crippen molar-refractivity contribution in [3.05, 3.63) is 35.9 Å². The van der Waals surface area contributed by atoms with Crippen LogP contribution in [0.5, 0.6) is 0 Å². The summed E-state index contributed by atoms with van der Waals surface area (Å²) in [5, 5.41) is 2.27. The number of hydrogen-bond donors (Lipinski definition) is 1. The number of carbonyl (C=O) groups is 2. The topological polar surface area (TPSA) is 58.6 Å². The first kappa shape index (κ1) is 15.7. The molecule has 1 aromatic rings. The van der Waals surface area contributed by atoms with Gasteiger partial charge in [-0.15, -0.1) is 0 Å². The third-order valence-electron chi connectivity index (χ3n) is 4.45. The highest BCUT2D eigenvalue weighted by atomic mass is 19.3. The zero-order valence-corrected chi connectivity index (χ0v) is 12.5. The van der Waals surface area contributed by atoms with E-state index in [1.165, 1.54) is 4.90 Å². The van der Waals surface area contributed by atoms with Crippen LogP contribution in [0.15, 0.2) is 30.3 Å². The number of halogens is 2. The normalized spacial score (nSPS) is 23.8. The number of hydrogen-bond acceptors (Lipinski definition) is 3. The molecule has 5 nitrogen and oxygen atoms in total. The number of rotatable bonds is 3. The van der Waals surface area contributed by atoms with Gasteiger partial charge in [-0.25, -0.2) is 4.79 Å². The number of carbonyl (C=O) groups excluding carboxylic acids is 2. The van der Waals surface area contributed by atoms with Gasteiger partial charge >= 0.3 is 12.0 Å². The number of nitrogens with zero attached hydrogens (tertiary/aromatic N) is 1. The molecular formula is C16H18F2N2O3. The summed E-state index contributed by atoms with van der Waals surface area (Å²) in [5.41, 5.74) is 0.896. The van der Waals surface area contributed by atoms with Gasteiger partial charge in [0.25, 0.3) is 5.91 Å². The van der Waals surface area contributed by atoms with E-state index in [0.717, 1.165) is 5.56 Å². The van der Waals surface area contributed by atoms with Gasteiger partial charge in [0, 0.05) is 13.1 Å². The second kappa shape index (κ2) is 6.14. The molecule has 0 aliphatic carbocycles. The maximum Gasteiger partial charge on any atom is 0.410 e. The average molecular weight is 324 g/mol. The Kier molecular flexibility index (Phi) is 4.19. The molecule has 0 spiro atoms. The maximum atomic E-state index is 13.4. The van der Waals surface area contributed by atoms with Crippen molar-refractivity contribution in [3.63, 3.8) is 0 Å². The van der Waals surface area contributed by atoms with E-state index in [2.05, 4.69) is 5.32 Å². The van der Waals surface area contributed by atoms with Crippen LogP contribution in [0.3, 0.4) is 0 Å². The lowest BCUT2D eigenvalue weighted by Gasteiger charge is -2.44. The number of amides is 2. The van der Waals surface area contributed by atoms with E-state index in [9.17, 15) is 18.4 Å². The Morgan fingerprint density at radius 2 is 1.91 bits per heavy atom. The van der Waals surface area contributed by atoms with Crippen molar-refractivity contribution >= 4 is 12.0 Å². The molecule has 2 aliphatic heterocycles. The third-order valence-corrected chi connectivity index (χ3v) is 4.45. The molecule has 1 unspecified atom stereocenters. The summed E-state index contributed by atoms with van der Waals surface area (Å²) in [5.74, 6) is -4.78. The summed E-state index contributed by atoms with van der Waals surface area (Å²) in [6, 6.07) is 8.23. The number of benzene rings is 1. The average Bonchev–Trinajstić information content (AvgIpc) is 2.58. The van der Waals surface area contributed by atoms with Crippen LogP contribution in [0.2, 0.25) is 0 Å². The van der Waals surface area contributed by atoms with Gasteiger partial charge in [0.05, 0.1) is 0 Å². The van der Waals surface area contributed by atoms with E-state index in [1.807, 2.05) is 30.3 Å². The number of ether oxygens (including phenoxy) is 1. The summed E-state index contributed by atoms with van der Waals surface area (Å²) in [4.78, 5) is 24.4. The molecule has 2 saturated heterocycles. The highest BCUT2D eigenvalue weighted by Gasteiger charge is 2.60. The molecule has 2 heterocycles. The van der Waals surface area contributed by atoms with Gasteiger partial charge in [0.15, 0.2) is 0 Å². The molecule has 0 saturated carbocycles. The standard InChI is InChI=1S/C16H18F2N2O3/c17-16(18)13(19-14(16)21)12-6-8-20(9-7-12)15(22)23-10-11-4-2-1-3-5-11/h1-5,12-13H,6-10H2,(H,19,21). The van der Waals surface area contributed by atoms with E-state index in [-0.39, 0.29) is 12.5 Å². The van der Waals surface area contributed by atoms with Crippen molar-refractivity contribution < 1.29 is 23.1 Å². The number of alkyl halides is 2. The minimum Gasteiger partial charge on any atom is -0.445 e. The quantitative estimate of drug-likeness (QED) is 0.867. The van der Waals surface area contributed by atoms with Crippen LogP contribution >= 0.6 is 0 Å². The van der Waals surface area contributed by atoms with E-state index in [4.69, 9.17) is 4.74 Å². The largest absolute Gasteiger partial charge is 0.445 e. The predicted octanol–water partition coefficient (Wildman–Crippen LogP) is 2.17. The van der Waals surface area contributed by atoms with E-state index in [0.29, 0.717) is 25.9 Å². The minimum absolute atomic E-state index is 0.191. The molecule has 1 aromatic carbocycles. The summed E-state index contributed by atoms with van der Waals surface area (Å²) in [6.07, 6.45) is 0.429. The molecule has 2 aliphatic rings. The molecule has 7 heteroatoms. The first-order valence-electron chi connectivity index (χ1n) is 7.63. The number of piperidine rings is 1. The van der Waals surface area contributed by atoms with Gasteiger partial charge in [0.1, 0.15) is 12.6 Å². The van der Waals surface area contributed by atoms with Crippen molar-refractivity contribution in [2.24, 2.45) is 5.92 Å². The summed E-state index contributed by atoms with van der Waals surface area (Å²) in [6.45, 7) is 0.915. The van der Waals surface area contributed by atoms with Gasteiger partial charge < -0.3 is 15.0 Å². The molecular weight excluding hydrogens is 306 g/mol. The van der Waals surface area contributed by atoms with Gasteiger partial charge in [-0.1, -0.05) is 30.3 Å². The summed E-state index contributed by atoms with van der Waals surface area (Å²) >= 11 is 0. The van der Waals surface area contributed by atoms with Crippen molar-refractivity contribution in [2.75, 3.05) is 13.1 Å². The first-order valence-corrected chi connectivity index (χ1v) is 7.63. The van der Waals surface area contributed by atoms with Crippen LogP contribution in [0.1, 0.15) is 18.4 Å². The Morgan fingerprint density at radius 3 is 2.48 bits per heavy atom. The monoisotopic (exact) mass is 324 g/mol. The van der Waals surface area contributed by atoms with Crippen LogP contribution in [-0.2, 0) is 16.1 Å². The smallest absolute Gasteiger partial charge is 0.410 e. The summed E-state index contributed by atoms with van der Waals surface area (Å²) in [7, 11) is 0. The lowest BCUT2D eigenvalue weighted by atomic mass is 9.81. The van der Waals surface area contributed by atoms with Crippen LogP contribution in [0.4, 0.5) is 13.6 Å². The van der Waals surface area contributed by atoms with Crippen molar-refractivity contribution in [3.8, 4) is 0 Å². The number of nitrogens with one attached hydrogen (secondary N) is 1. The first-order chi connectivity index (χ1) is 11.0. The zero-order valence-electron chi connectivity index (χ0n) is 12.5. The number of likely N-dealkylation sites (tertiary alicyclic amines) is 1. The Balaban J connectivity index is 1.45. The SMILES string of the molecule is O=C(OCc1ccccc1)N1CCC(C2NC(=O)C2(F)F)CC1. The molecule has 2 amide bonds. The lowest BCUT2D eigenvalue weighted by molar-refractivity contribution is -0.177. The van der Waals surface area contributed by atoms with Gasteiger partial charge in [0.2, 0.25) is 0 Å².